The van der Waals surface area contributed by atoms with Crippen LogP contribution in [-0.2, 0) is 4.74 Å². The standard InChI is InChI=1S/C26H22ClFN4O3S.ClH/c1-26(2,3)35-25(33)29-11-5-8-19-14-21-23(36-19)24(31-15-30-21)32-17-9-10-22(20(27)13-17)34-18-7-4-6-16(28)12-18;/h4,6-7,9-10,12-15H,11H2,1-3H3,(H,29,33)(H,30,31,32);1H. The molecule has 0 aliphatic rings. The third-order valence-electron chi connectivity index (χ3n) is 4.46. The third kappa shape index (κ3) is 7.95. The van der Waals surface area contributed by atoms with E-state index in [4.69, 9.17) is 21.1 Å². The number of thiophene rings is 1. The summed E-state index contributed by atoms with van der Waals surface area (Å²) in [6.07, 6.45) is 0.943. The van der Waals surface area contributed by atoms with E-state index in [9.17, 15) is 9.18 Å². The van der Waals surface area contributed by atoms with Crippen molar-refractivity contribution >= 4 is 63.2 Å². The maximum atomic E-state index is 13.4. The highest BCUT2D eigenvalue weighted by molar-refractivity contribution is 7.20. The Balaban J connectivity index is 0.00000380. The average Bonchev–Trinajstić information content (AvgIpc) is 3.22. The van der Waals surface area contributed by atoms with Crippen molar-refractivity contribution in [3.05, 3.63) is 70.6 Å². The molecule has 0 unspecified atom stereocenters. The molecule has 0 aliphatic heterocycles. The first kappa shape index (κ1) is 28.0. The van der Waals surface area contributed by atoms with E-state index < -0.39 is 17.5 Å². The van der Waals surface area contributed by atoms with Crippen molar-refractivity contribution < 1.29 is 18.7 Å². The zero-order valence-corrected chi connectivity index (χ0v) is 22.5. The normalized spacial score (nSPS) is 10.6. The van der Waals surface area contributed by atoms with E-state index in [2.05, 4.69) is 32.4 Å². The second kappa shape index (κ2) is 12.1. The highest BCUT2D eigenvalue weighted by Gasteiger charge is 2.15. The van der Waals surface area contributed by atoms with Crippen LogP contribution in [0.5, 0.6) is 11.5 Å². The first-order chi connectivity index (χ1) is 17.2. The van der Waals surface area contributed by atoms with Gasteiger partial charge in [-0.15, -0.1) is 23.7 Å². The van der Waals surface area contributed by atoms with Crippen molar-refractivity contribution in [2.45, 2.75) is 26.4 Å². The number of halogens is 3. The molecular weight excluding hydrogens is 538 g/mol. The lowest BCUT2D eigenvalue weighted by Crippen LogP contribution is -2.32. The molecule has 1 amide bonds. The van der Waals surface area contributed by atoms with Crippen molar-refractivity contribution in [2.75, 3.05) is 11.9 Å². The molecule has 0 aliphatic carbocycles. The highest BCUT2D eigenvalue weighted by atomic mass is 35.5. The van der Waals surface area contributed by atoms with E-state index in [0.717, 1.165) is 15.1 Å². The Morgan fingerprint density at radius 3 is 2.70 bits per heavy atom. The molecule has 0 spiro atoms. The number of aromatic nitrogens is 2. The zero-order valence-electron chi connectivity index (χ0n) is 20.1. The summed E-state index contributed by atoms with van der Waals surface area (Å²) in [4.78, 5) is 21.2. The monoisotopic (exact) mass is 560 g/mol. The van der Waals surface area contributed by atoms with Gasteiger partial charge in [0.1, 0.15) is 29.2 Å². The lowest BCUT2D eigenvalue weighted by molar-refractivity contribution is 0.0535. The van der Waals surface area contributed by atoms with Crippen LogP contribution in [0.2, 0.25) is 5.02 Å². The molecule has 4 aromatic rings. The Kier molecular flexibility index (Phi) is 9.16. The van der Waals surface area contributed by atoms with E-state index in [-0.39, 0.29) is 19.0 Å². The molecule has 0 bridgehead atoms. The Morgan fingerprint density at radius 1 is 1.16 bits per heavy atom. The lowest BCUT2D eigenvalue weighted by atomic mass is 10.2. The molecule has 0 radical (unpaired) electrons. The first-order valence-electron chi connectivity index (χ1n) is 10.9. The number of rotatable bonds is 5. The van der Waals surface area contributed by atoms with Gasteiger partial charge in [-0.1, -0.05) is 29.5 Å². The fourth-order valence-electron chi connectivity index (χ4n) is 3.02. The van der Waals surface area contributed by atoms with Gasteiger partial charge in [-0.05, 0) is 57.2 Å². The van der Waals surface area contributed by atoms with Crippen LogP contribution in [0, 0.1) is 17.7 Å². The van der Waals surface area contributed by atoms with Crippen LogP contribution in [0.1, 0.15) is 25.6 Å². The highest BCUT2D eigenvalue weighted by Crippen LogP contribution is 2.35. The van der Waals surface area contributed by atoms with Gasteiger partial charge in [0, 0.05) is 11.8 Å². The Morgan fingerprint density at radius 2 is 1.97 bits per heavy atom. The Bertz CT molecular complexity index is 1480. The molecular formula is C26H23Cl2FN4O3S. The minimum atomic E-state index is -0.566. The number of alkyl carbamates (subject to hydrolysis) is 1. The SMILES string of the molecule is CC(C)(C)OC(=O)NCC#Cc1cc2ncnc(Nc3ccc(Oc4cccc(F)c4)c(Cl)c3)c2s1.Cl. The fraction of sp³-hybridized carbons (Fsp3) is 0.192. The van der Waals surface area contributed by atoms with Gasteiger partial charge in [-0.3, -0.25) is 0 Å². The number of hydrogen-bond donors (Lipinski definition) is 2. The molecule has 4 rings (SSSR count). The molecule has 2 aromatic carbocycles. The van der Waals surface area contributed by atoms with E-state index in [1.54, 1.807) is 51.1 Å². The molecule has 0 saturated carbocycles. The number of hydrogen-bond acceptors (Lipinski definition) is 7. The van der Waals surface area contributed by atoms with Gasteiger partial charge in [-0.25, -0.2) is 19.2 Å². The number of carbonyl (C=O) groups excluding carboxylic acids is 1. The summed E-state index contributed by atoms with van der Waals surface area (Å²) >= 11 is 7.81. The maximum absolute atomic E-state index is 13.4. The average molecular weight is 561 g/mol. The smallest absolute Gasteiger partial charge is 0.408 e. The minimum Gasteiger partial charge on any atom is -0.456 e. The van der Waals surface area contributed by atoms with E-state index in [1.807, 2.05) is 6.07 Å². The van der Waals surface area contributed by atoms with Gasteiger partial charge in [0.25, 0.3) is 0 Å². The summed E-state index contributed by atoms with van der Waals surface area (Å²) < 4.78 is 25.1. The molecule has 192 valence electrons. The van der Waals surface area contributed by atoms with Crippen molar-refractivity contribution in [3.8, 4) is 23.3 Å². The van der Waals surface area contributed by atoms with E-state index in [0.29, 0.717) is 28.0 Å². The summed E-state index contributed by atoms with van der Waals surface area (Å²) in [5.41, 5.74) is 0.859. The Labute approximate surface area is 228 Å². The second-order valence-corrected chi connectivity index (χ2v) is 9.99. The summed E-state index contributed by atoms with van der Waals surface area (Å²) in [7, 11) is 0. The number of ether oxygens (including phenoxy) is 2. The molecule has 11 heteroatoms. The number of fused-ring (bicyclic) bond motifs is 1. The first-order valence-corrected chi connectivity index (χ1v) is 12.1. The van der Waals surface area contributed by atoms with Gasteiger partial charge in [-0.2, -0.15) is 0 Å². The Hall–Kier alpha value is -3.58. The largest absolute Gasteiger partial charge is 0.456 e. The molecule has 2 heterocycles. The number of nitrogens with one attached hydrogen (secondary N) is 2. The predicted molar refractivity (Wildman–Crippen MR) is 147 cm³/mol. The van der Waals surface area contributed by atoms with Gasteiger partial charge in [0.2, 0.25) is 0 Å². The number of benzene rings is 2. The molecule has 2 N–H and O–H groups in total. The molecule has 2 aromatic heterocycles. The molecule has 0 saturated heterocycles. The number of carbonyl (C=O) groups is 1. The molecule has 0 fully saturated rings. The van der Waals surface area contributed by atoms with Crippen molar-refractivity contribution in [2.24, 2.45) is 0 Å². The molecule has 0 atom stereocenters. The van der Waals surface area contributed by atoms with Gasteiger partial charge in [0.15, 0.2) is 5.82 Å². The zero-order chi connectivity index (χ0) is 25.7. The number of nitrogens with zero attached hydrogens (tertiary/aromatic N) is 2. The van der Waals surface area contributed by atoms with Crippen LogP contribution in [0.25, 0.3) is 10.2 Å². The topological polar surface area (TPSA) is 85.4 Å². The molecule has 37 heavy (non-hydrogen) atoms. The predicted octanol–water partition coefficient (Wildman–Crippen LogP) is 7.32. The van der Waals surface area contributed by atoms with E-state index >= 15 is 0 Å². The minimum absolute atomic E-state index is 0. The second-order valence-electron chi connectivity index (χ2n) is 8.53. The third-order valence-corrected chi connectivity index (χ3v) is 5.80. The van der Waals surface area contributed by atoms with Crippen molar-refractivity contribution in [1.82, 2.24) is 15.3 Å². The quantitative estimate of drug-likeness (QED) is 0.249. The summed E-state index contributed by atoms with van der Waals surface area (Å²) in [6, 6.07) is 12.9. The van der Waals surface area contributed by atoms with Gasteiger partial charge in [0.05, 0.1) is 26.7 Å². The summed E-state index contributed by atoms with van der Waals surface area (Å²) in [5.74, 6) is 6.89. The summed E-state index contributed by atoms with van der Waals surface area (Å²) in [6.45, 7) is 5.55. The fourth-order valence-corrected chi connectivity index (χ4v) is 4.17. The maximum Gasteiger partial charge on any atom is 0.408 e. The van der Waals surface area contributed by atoms with Crippen LogP contribution in [-0.4, -0.2) is 28.2 Å². The van der Waals surface area contributed by atoms with Crippen LogP contribution < -0.4 is 15.4 Å². The number of amides is 1. The van der Waals surface area contributed by atoms with Crippen molar-refractivity contribution in [3.63, 3.8) is 0 Å². The van der Waals surface area contributed by atoms with E-state index in [1.165, 1.54) is 29.8 Å². The van der Waals surface area contributed by atoms with Crippen LogP contribution in [0.15, 0.2) is 54.9 Å². The van der Waals surface area contributed by atoms with Crippen LogP contribution in [0.3, 0.4) is 0 Å². The van der Waals surface area contributed by atoms with Crippen LogP contribution >= 0.6 is 35.3 Å². The van der Waals surface area contributed by atoms with Gasteiger partial charge < -0.3 is 20.1 Å². The summed E-state index contributed by atoms with van der Waals surface area (Å²) in [5, 5.41) is 6.20. The van der Waals surface area contributed by atoms with Gasteiger partial charge >= 0.3 is 6.09 Å². The number of anilines is 2. The molecule has 7 nitrogen and oxygen atoms in total. The van der Waals surface area contributed by atoms with Crippen molar-refractivity contribution in [1.29, 1.82) is 0 Å². The van der Waals surface area contributed by atoms with Crippen LogP contribution in [0.4, 0.5) is 20.7 Å². The lowest BCUT2D eigenvalue weighted by Gasteiger charge is -2.18.